The minimum atomic E-state index is -0.0610. The average molecular weight is 301 g/mol. The quantitative estimate of drug-likeness (QED) is 0.684. The molecule has 0 fully saturated rings. The lowest BCUT2D eigenvalue weighted by molar-refractivity contribution is 0.847. The molecule has 0 spiro atoms. The first-order chi connectivity index (χ1) is 10.0. The highest BCUT2D eigenvalue weighted by molar-refractivity contribution is 6.29. The summed E-state index contributed by atoms with van der Waals surface area (Å²) in [4.78, 5) is 20.2. The van der Waals surface area contributed by atoms with E-state index in [-0.39, 0.29) is 5.56 Å². The molecule has 106 valence electrons. The molecule has 21 heavy (non-hydrogen) atoms. The first-order valence-electron chi connectivity index (χ1n) is 6.39. The van der Waals surface area contributed by atoms with Crippen LogP contribution in [-0.2, 0) is 7.05 Å². The molecule has 0 aliphatic rings. The van der Waals surface area contributed by atoms with Gasteiger partial charge in [-0.3, -0.25) is 4.79 Å². The summed E-state index contributed by atoms with van der Waals surface area (Å²) in [6.45, 7) is 1.89. The van der Waals surface area contributed by atoms with E-state index in [2.05, 4.69) is 9.97 Å². The SMILES string of the molecule is Cc1nc(-c2ccnc(Cl)c2)cn1-c1ccn(C)c(=O)c1. The van der Waals surface area contributed by atoms with E-state index in [0.29, 0.717) is 5.15 Å². The van der Waals surface area contributed by atoms with Gasteiger partial charge in [-0.25, -0.2) is 9.97 Å². The molecule has 5 nitrogen and oxygen atoms in total. The number of hydrogen-bond donors (Lipinski definition) is 0. The first-order valence-corrected chi connectivity index (χ1v) is 6.77. The number of halogens is 1. The fraction of sp³-hybridized carbons (Fsp3) is 0.133. The van der Waals surface area contributed by atoms with Crippen molar-refractivity contribution in [2.24, 2.45) is 7.05 Å². The normalized spacial score (nSPS) is 10.8. The van der Waals surface area contributed by atoms with Crippen LogP contribution < -0.4 is 5.56 Å². The van der Waals surface area contributed by atoms with E-state index in [1.807, 2.05) is 29.8 Å². The van der Waals surface area contributed by atoms with Crippen LogP contribution in [0.2, 0.25) is 5.15 Å². The van der Waals surface area contributed by atoms with E-state index >= 15 is 0 Å². The van der Waals surface area contributed by atoms with Crippen LogP contribution >= 0.6 is 11.6 Å². The van der Waals surface area contributed by atoms with E-state index in [9.17, 15) is 4.79 Å². The number of nitrogens with zero attached hydrogens (tertiary/aromatic N) is 4. The lowest BCUT2D eigenvalue weighted by atomic mass is 10.2. The Morgan fingerprint density at radius 3 is 2.76 bits per heavy atom. The standard InChI is InChI=1S/C15H13ClN4O/c1-10-18-13(11-3-5-17-14(16)7-11)9-20(10)12-4-6-19(2)15(21)8-12/h3-9H,1-2H3. The summed E-state index contributed by atoms with van der Waals surface area (Å²) < 4.78 is 3.41. The molecule has 0 radical (unpaired) electrons. The van der Waals surface area contributed by atoms with Crippen molar-refractivity contribution in [3.63, 3.8) is 0 Å². The monoisotopic (exact) mass is 300 g/mol. The highest BCUT2D eigenvalue weighted by atomic mass is 35.5. The summed E-state index contributed by atoms with van der Waals surface area (Å²) in [5, 5.41) is 0.424. The highest BCUT2D eigenvalue weighted by Gasteiger charge is 2.09. The van der Waals surface area contributed by atoms with E-state index in [1.54, 1.807) is 31.6 Å². The third kappa shape index (κ3) is 2.60. The Kier molecular flexibility index (Phi) is 3.35. The topological polar surface area (TPSA) is 52.7 Å². The van der Waals surface area contributed by atoms with E-state index in [4.69, 9.17) is 11.6 Å². The van der Waals surface area contributed by atoms with Crippen LogP contribution in [0, 0.1) is 6.92 Å². The molecular weight excluding hydrogens is 288 g/mol. The van der Waals surface area contributed by atoms with Gasteiger partial charge in [-0.2, -0.15) is 0 Å². The van der Waals surface area contributed by atoms with Gasteiger partial charge < -0.3 is 9.13 Å². The van der Waals surface area contributed by atoms with E-state index in [0.717, 1.165) is 22.8 Å². The molecule has 0 bridgehead atoms. The molecule has 0 atom stereocenters. The maximum Gasteiger partial charge on any atom is 0.252 e. The van der Waals surface area contributed by atoms with Gasteiger partial charge in [-0.05, 0) is 25.1 Å². The maximum atomic E-state index is 11.7. The summed E-state index contributed by atoms with van der Waals surface area (Å²) in [7, 11) is 1.72. The van der Waals surface area contributed by atoms with Crippen LogP contribution in [0.3, 0.4) is 0 Å². The molecule has 3 rings (SSSR count). The lowest BCUT2D eigenvalue weighted by Crippen LogP contribution is -2.15. The first kappa shape index (κ1) is 13.6. The van der Waals surface area contributed by atoms with Gasteiger partial charge in [0.15, 0.2) is 0 Å². The van der Waals surface area contributed by atoms with Crippen molar-refractivity contribution in [3.05, 3.63) is 64.2 Å². The van der Waals surface area contributed by atoms with Crippen molar-refractivity contribution in [1.29, 1.82) is 0 Å². The molecule has 3 aromatic heterocycles. The number of aromatic nitrogens is 4. The van der Waals surface area contributed by atoms with E-state index < -0.39 is 0 Å². The number of aryl methyl sites for hydroxylation is 2. The maximum absolute atomic E-state index is 11.7. The Morgan fingerprint density at radius 1 is 1.24 bits per heavy atom. The Hall–Kier alpha value is -2.40. The van der Waals surface area contributed by atoms with Crippen molar-refractivity contribution in [1.82, 2.24) is 19.1 Å². The molecule has 0 unspecified atom stereocenters. The van der Waals surface area contributed by atoms with Crippen LogP contribution in [0.5, 0.6) is 0 Å². The van der Waals surface area contributed by atoms with Crippen molar-refractivity contribution < 1.29 is 0 Å². The van der Waals surface area contributed by atoms with Crippen molar-refractivity contribution >= 4 is 11.6 Å². The third-order valence-corrected chi connectivity index (χ3v) is 3.48. The zero-order chi connectivity index (χ0) is 15.0. The predicted octanol–water partition coefficient (Wildman–Crippen LogP) is 2.59. The Bertz CT molecular complexity index is 866. The molecule has 3 heterocycles. The van der Waals surface area contributed by atoms with E-state index in [1.165, 1.54) is 4.57 Å². The second kappa shape index (κ2) is 5.18. The van der Waals surface area contributed by atoms with Crippen molar-refractivity contribution in [2.45, 2.75) is 6.92 Å². The van der Waals surface area contributed by atoms with Crippen molar-refractivity contribution in [2.75, 3.05) is 0 Å². The summed E-state index contributed by atoms with van der Waals surface area (Å²) in [6.07, 6.45) is 5.26. The zero-order valence-electron chi connectivity index (χ0n) is 11.6. The van der Waals surface area contributed by atoms with Gasteiger partial charge in [0, 0.05) is 37.3 Å². The Morgan fingerprint density at radius 2 is 2.05 bits per heavy atom. The van der Waals surface area contributed by atoms with Crippen LogP contribution in [0.25, 0.3) is 16.9 Å². The zero-order valence-corrected chi connectivity index (χ0v) is 12.4. The molecule has 0 aliphatic heterocycles. The summed E-state index contributed by atoms with van der Waals surface area (Å²) in [5.41, 5.74) is 2.40. The smallest absolute Gasteiger partial charge is 0.252 e. The minimum Gasteiger partial charge on any atom is -0.318 e. The predicted molar refractivity (Wildman–Crippen MR) is 81.8 cm³/mol. The molecular formula is C15H13ClN4O. The number of imidazole rings is 1. The summed E-state index contributed by atoms with van der Waals surface area (Å²) >= 11 is 5.91. The molecule has 0 amide bonds. The fourth-order valence-electron chi connectivity index (χ4n) is 2.12. The number of pyridine rings is 2. The van der Waals surface area contributed by atoms with Crippen LogP contribution in [0.1, 0.15) is 5.82 Å². The molecule has 0 saturated carbocycles. The molecule has 0 N–H and O–H groups in total. The largest absolute Gasteiger partial charge is 0.318 e. The van der Waals surface area contributed by atoms with Crippen molar-refractivity contribution in [3.8, 4) is 16.9 Å². The average Bonchev–Trinajstić information content (AvgIpc) is 2.84. The molecule has 0 saturated heterocycles. The van der Waals surface area contributed by atoms with Gasteiger partial charge in [-0.15, -0.1) is 0 Å². The summed E-state index contributed by atoms with van der Waals surface area (Å²) in [5.74, 6) is 0.797. The Balaban J connectivity index is 2.09. The van der Waals surface area contributed by atoms with Gasteiger partial charge in [0.1, 0.15) is 11.0 Å². The Labute approximate surface area is 126 Å². The summed E-state index contributed by atoms with van der Waals surface area (Å²) in [6, 6.07) is 7.07. The van der Waals surface area contributed by atoms with Gasteiger partial charge in [-0.1, -0.05) is 11.6 Å². The lowest BCUT2D eigenvalue weighted by Gasteiger charge is -2.05. The fourth-order valence-corrected chi connectivity index (χ4v) is 2.30. The molecule has 0 aromatic carbocycles. The minimum absolute atomic E-state index is 0.0610. The van der Waals surface area contributed by atoms with Gasteiger partial charge in [0.2, 0.25) is 0 Å². The van der Waals surface area contributed by atoms with Crippen LogP contribution in [-0.4, -0.2) is 19.1 Å². The highest BCUT2D eigenvalue weighted by Crippen LogP contribution is 2.22. The third-order valence-electron chi connectivity index (χ3n) is 3.27. The van der Waals surface area contributed by atoms with Gasteiger partial charge in [0.05, 0.1) is 11.4 Å². The second-order valence-corrected chi connectivity index (χ2v) is 5.13. The van der Waals surface area contributed by atoms with Gasteiger partial charge in [0.25, 0.3) is 5.56 Å². The van der Waals surface area contributed by atoms with Crippen LogP contribution in [0.15, 0.2) is 47.7 Å². The van der Waals surface area contributed by atoms with Crippen LogP contribution in [0.4, 0.5) is 0 Å². The van der Waals surface area contributed by atoms with Gasteiger partial charge >= 0.3 is 0 Å². The number of rotatable bonds is 2. The molecule has 6 heteroatoms. The molecule has 3 aromatic rings. The molecule has 0 aliphatic carbocycles. The second-order valence-electron chi connectivity index (χ2n) is 4.74. The number of hydrogen-bond acceptors (Lipinski definition) is 3.